The van der Waals surface area contributed by atoms with Crippen LogP contribution in [0.3, 0.4) is 0 Å². The van der Waals surface area contributed by atoms with Crippen molar-refractivity contribution in [3.8, 4) is 11.4 Å². The maximum Gasteiger partial charge on any atom is 0.307 e. The Morgan fingerprint density at radius 3 is 2.89 bits per heavy atom. The third kappa shape index (κ3) is 1.86. The summed E-state index contributed by atoms with van der Waals surface area (Å²) in [5.41, 5.74) is 0.682. The standard InChI is InChI=1S/C12H9ClN2O3/c13-9-4-2-1-3-6(9)10-14-11(18-15-10)7-5-8(7)12(16)17/h1-4,7-8H,5H2,(H,16,17). The monoisotopic (exact) mass is 264 g/mol. The van der Waals surface area contributed by atoms with Gasteiger partial charge in [0.2, 0.25) is 11.7 Å². The van der Waals surface area contributed by atoms with Gasteiger partial charge in [-0.3, -0.25) is 4.79 Å². The first-order valence-corrected chi connectivity index (χ1v) is 5.86. The molecule has 1 aromatic heterocycles. The summed E-state index contributed by atoms with van der Waals surface area (Å²) in [5, 5.41) is 13.2. The molecule has 2 aromatic rings. The molecular formula is C12H9ClN2O3. The van der Waals surface area contributed by atoms with Crippen LogP contribution in [0.5, 0.6) is 0 Å². The molecule has 1 aliphatic rings. The second-order valence-corrected chi connectivity index (χ2v) is 4.63. The first-order chi connectivity index (χ1) is 8.66. The van der Waals surface area contributed by atoms with Crippen molar-refractivity contribution in [3.63, 3.8) is 0 Å². The fraction of sp³-hybridized carbons (Fsp3) is 0.250. The number of hydrogen-bond donors (Lipinski definition) is 1. The van der Waals surface area contributed by atoms with Crippen LogP contribution in [0.4, 0.5) is 0 Å². The van der Waals surface area contributed by atoms with Crippen molar-refractivity contribution in [2.45, 2.75) is 12.3 Å². The highest BCUT2D eigenvalue weighted by atomic mass is 35.5. The van der Waals surface area contributed by atoms with Crippen LogP contribution in [0.25, 0.3) is 11.4 Å². The molecule has 0 spiro atoms. The van der Waals surface area contributed by atoms with Gasteiger partial charge in [-0.05, 0) is 18.6 Å². The van der Waals surface area contributed by atoms with Gasteiger partial charge in [0.25, 0.3) is 0 Å². The van der Waals surface area contributed by atoms with Crippen molar-refractivity contribution < 1.29 is 14.4 Å². The third-order valence-corrected chi connectivity index (χ3v) is 3.31. The van der Waals surface area contributed by atoms with E-state index >= 15 is 0 Å². The van der Waals surface area contributed by atoms with Crippen LogP contribution in [0.1, 0.15) is 18.2 Å². The van der Waals surface area contributed by atoms with Crippen molar-refractivity contribution in [1.29, 1.82) is 0 Å². The molecule has 2 unspecified atom stereocenters. The van der Waals surface area contributed by atoms with Crippen LogP contribution in [0, 0.1) is 5.92 Å². The highest BCUT2D eigenvalue weighted by molar-refractivity contribution is 6.33. The highest BCUT2D eigenvalue weighted by Crippen LogP contribution is 2.47. The van der Waals surface area contributed by atoms with Crippen molar-refractivity contribution in [3.05, 3.63) is 35.2 Å². The lowest BCUT2D eigenvalue weighted by Gasteiger charge is -1.95. The topological polar surface area (TPSA) is 76.2 Å². The highest BCUT2D eigenvalue weighted by Gasteiger charge is 2.48. The van der Waals surface area contributed by atoms with Crippen LogP contribution >= 0.6 is 11.6 Å². The number of carbonyl (C=O) groups is 1. The molecular weight excluding hydrogens is 256 g/mol. The molecule has 5 nitrogen and oxygen atoms in total. The van der Waals surface area contributed by atoms with Gasteiger partial charge in [-0.25, -0.2) is 0 Å². The summed E-state index contributed by atoms with van der Waals surface area (Å²) in [4.78, 5) is 15.0. The molecule has 1 aliphatic carbocycles. The fourth-order valence-electron chi connectivity index (χ4n) is 1.88. The van der Waals surface area contributed by atoms with Gasteiger partial charge in [-0.1, -0.05) is 28.9 Å². The van der Waals surface area contributed by atoms with E-state index in [4.69, 9.17) is 21.2 Å². The molecule has 0 radical (unpaired) electrons. The lowest BCUT2D eigenvalue weighted by atomic mass is 10.2. The van der Waals surface area contributed by atoms with Gasteiger partial charge < -0.3 is 9.63 Å². The lowest BCUT2D eigenvalue weighted by molar-refractivity contribution is -0.138. The van der Waals surface area contributed by atoms with Crippen molar-refractivity contribution >= 4 is 17.6 Å². The largest absolute Gasteiger partial charge is 0.481 e. The normalized spacial score (nSPS) is 21.8. The molecule has 92 valence electrons. The predicted molar refractivity (Wildman–Crippen MR) is 63.2 cm³/mol. The molecule has 1 heterocycles. The van der Waals surface area contributed by atoms with Gasteiger partial charge in [0, 0.05) is 5.56 Å². The number of aromatic nitrogens is 2. The molecule has 0 amide bonds. The Kier molecular flexibility index (Phi) is 2.56. The number of nitrogens with zero attached hydrogens (tertiary/aromatic N) is 2. The zero-order valence-electron chi connectivity index (χ0n) is 9.21. The molecule has 0 saturated heterocycles. The van der Waals surface area contributed by atoms with Crippen molar-refractivity contribution in [1.82, 2.24) is 10.1 Å². The summed E-state index contributed by atoms with van der Waals surface area (Å²) >= 11 is 6.03. The van der Waals surface area contributed by atoms with Crippen LogP contribution in [-0.2, 0) is 4.79 Å². The molecule has 1 saturated carbocycles. The number of hydrogen-bond acceptors (Lipinski definition) is 4. The Morgan fingerprint density at radius 1 is 1.44 bits per heavy atom. The molecule has 1 N–H and O–H groups in total. The summed E-state index contributed by atoms with van der Waals surface area (Å²) < 4.78 is 5.10. The average molecular weight is 265 g/mol. The van der Waals surface area contributed by atoms with Crippen molar-refractivity contribution in [2.24, 2.45) is 5.92 Å². The van der Waals surface area contributed by atoms with Gasteiger partial charge in [0.05, 0.1) is 16.9 Å². The lowest BCUT2D eigenvalue weighted by Crippen LogP contribution is -1.98. The van der Waals surface area contributed by atoms with Crippen LogP contribution < -0.4 is 0 Å². The minimum atomic E-state index is -0.822. The SMILES string of the molecule is O=C(O)C1CC1c1nc(-c2ccccc2Cl)no1. The quantitative estimate of drug-likeness (QED) is 0.922. The maximum absolute atomic E-state index is 10.8. The Labute approximate surface area is 107 Å². The molecule has 0 aliphatic heterocycles. The number of rotatable bonds is 3. The molecule has 1 aromatic carbocycles. The Morgan fingerprint density at radius 2 is 2.22 bits per heavy atom. The fourth-order valence-corrected chi connectivity index (χ4v) is 2.10. The third-order valence-electron chi connectivity index (χ3n) is 2.98. The maximum atomic E-state index is 10.8. The second kappa shape index (κ2) is 4.10. The molecule has 2 atom stereocenters. The van der Waals surface area contributed by atoms with E-state index in [2.05, 4.69) is 10.1 Å². The first kappa shape index (κ1) is 11.2. The summed E-state index contributed by atoms with van der Waals surface area (Å²) in [6.07, 6.45) is 0.555. The summed E-state index contributed by atoms with van der Waals surface area (Å²) in [6, 6.07) is 7.17. The minimum Gasteiger partial charge on any atom is -0.481 e. The molecule has 3 rings (SSSR count). The van der Waals surface area contributed by atoms with Crippen molar-refractivity contribution in [2.75, 3.05) is 0 Å². The van der Waals surface area contributed by atoms with Gasteiger partial charge >= 0.3 is 5.97 Å². The number of carboxylic acid groups (broad SMARTS) is 1. The zero-order chi connectivity index (χ0) is 12.7. The number of carboxylic acids is 1. The number of benzene rings is 1. The van der Waals surface area contributed by atoms with E-state index in [1.54, 1.807) is 12.1 Å². The van der Waals surface area contributed by atoms with E-state index in [1.165, 1.54) is 0 Å². The second-order valence-electron chi connectivity index (χ2n) is 4.22. The molecule has 1 fully saturated rings. The van der Waals surface area contributed by atoms with Gasteiger partial charge in [-0.15, -0.1) is 0 Å². The number of halogens is 1. The Balaban J connectivity index is 1.87. The summed E-state index contributed by atoms with van der Waals surface area (Å²) in [7, 11) is 0. The van der Waals surface area contributed by atoms with Gasteiger partial charge in [0.15, 0.2) is 0 Å². The minimum absolute atomic E-state index is 0.161. The van der Waals surface area contributed by atoms with E-state index in [0.29, 0.717) is 28.7 Å². The zero-order valence-corrected chi connectivity index (χ0v) is 9.96. The van der Waals surface area contributed by atoms with Crippen LogP contribution in [0.15, 0.2) is 28.8 Å². The van der Waals surface area contributed by atoms with Gasteiger partial charge in [0.1, 0.15) is 0 Å². The van der Waals surface area contributed by atoms with E-state index in [1.807, 2.05) is 12.1 Å². The molecule has 6 heteroatoms. The average Bonchev–Trinajstić information content (AvgIpc) is 3.02. The van der Waals surface area contributed by atoms with E-state index in [-0.39, 0.29) is 5.92 Å². The molecule has 0 bridgehead atoms. The van der Waals surface area contributed by atoms with Crippen LogP contribution in [0.2, 0.25) is 5.02 Å². The van der Waals surface area contributed by atoms with E-state index in [9.17, 15) is 4.79 Å². The van der Waals surface area contributed by atoms with E-state index in [0.717, 1.165) is 0 Å². The van der Waals surface area contributed by atoms with Crippen LogP contribution in [-0.4, -0.2) is 21.2 Å². The summed E-state index contributed by atoms with van der Waals surface area (Å²) in [6.45, 7) is 0. The smallest absolute Gasteiger partial charge is 0.307 e. The molecule has 18 heavy (non-hydrogen) atoms. The Hall–Kier alpha value is -1.88. The first-order valence-electron chi connectivity index (χ1n) is 5.48. The van der Waals surface area contributed by atoms with E-state index < -0.39 is 11.9 Å². The summed E-state index contributed by atoms with van der Waals surface area (Å²) in [5.74, 6) is -0.614. The van der Waals surface area contributed by atoms with Gasteiger partial charge in [-0.2, -0.15) is 4.98 Å². The number of aliphatic carboxylic acids is 1. The predicted octanol–water partition coefficient (Wildman–Crippen LogP) is 2.58. The Bertz CT molecular complexity index is 611.